The van der Waals surface area contributed by atoms with Gasteiger partial charge in [0.2, 0.25) is 0 Å². The maximum Gasteiger partial charge on any atom is 0.362 e. The number of unbranched alkanes of at least 4 members (excludes halogenated alkanes) is 15. The van der Waals surface area contributed by atoms with Gasteiger partial charge in [0.05, 0.1) is 12.5 Å². The maximum absolute atomic E-state index is 12.2. The molecule has 0 aromatic carbocycles. The largest absolute Gasteiger partial charge is 0.544 e. The highest BCUT2D eigenvalue weighted by Gasteiger charge is 2.53. The number of allylic oxidation sites excluding steroid dienone is 2. The average Bonchev–Trinajstić information content (AvgIpc) is 2.90. The van der Waals surface area contributed by atoms with E-state index in [4.69, 9.17) is 0 Å². The van der Waals surface area contributed by atoms with Gasteiger partial charge in [-0.2, -0.15) is 0 Å². The van der Waals surface area contributed by atoms with Gasteiger partial charge < -0.3 is 20.1 Å². The molecule has 3 unspecified atom stereocenters. The number of hydrogen-bond acceptors (Lipinski definition) is 4. The lowest BCUT2D eigenvalue weighted by atomic mass is 9.93. The zero-order valence-electron chi connectivity index (χ0n) is 26.2. The highest BCUT2D eigenvalue weighted by molar-refractivity contribution is 5.77. The number of carbonyl (C=O) groups excluding carboxylic acids is 1. The fraction of sp³-hybridized carbons (Fsp3) is 0.848. The van der Waals surface area contributed by atoms with Gasteiger partial charge in [-0.1, -0.05) is 117 Å². The molecule has 3 atom stereocenters. The molecule has 0 saturated carbocycles. The Morgan fingerprint density at radius 3 is 1.25 bits per heavy atom. The first-order valence-electron chi connectivity index (χ1n) is 16.4. The number of hydrogen-bond donors (Lipinski definition) is 2. The molecule has 0 radical (unpaired) electrons. The van der Waals surface area contributed by atoms with Gasteiger partial charge in [0.25, 0.3) is 0 Å². The monoisotopic (exact) mass is 567 g/mol. The van der Waals surface area contributed by atoms with Crippen molar-refractivity contribution in [1.29, 1.82) is 0 Å². The molecule has 7 nitrogen and oxygen atoms in total. The first-order chi connectivity index (χ1) is 19.2. The van der Waals surface area contributed by atoms with E-state index in [1.54, 1.807) is 20.8 Å². The Morgan fingerprint density at radius 1 is 0.575 bits per heavy atom. The van der Waals surface area contributed by atoms with Crippen molar-refractivity contribution in [3.8, 4) is 0 Å². The molecule has 0 rings (SSSR count). The predicted molar refractivity (Wildman–Crippen MR) is 161 cm³/mol. The average molecular weight is 568 g/mol. The van der Waals surface area contributed by atoms with Crippen LogP contribution in [0.15, 0.2) is 12.2 Å². The maximum atomic E-state index is 12.2. The summed E-state index contributed by atoms with van der Waals surface area (Å²) < 4.78 is -0.466. The number of aliphatic carboxylic acids is 3. The summed E-state index contributed by atoms with van der Waals surface area (Å²) >= 11 is 0. The van der Waals surface area contributed by atoms with Crippen LogP contribution in [0.2, 0.25) is 0 Å². The van der Waals surface area contributed by atoms with Gasteiger partial charge in [-0.05, 0) is 32.1 Å². The van der Waals surface area contributed by atoms with Crippen LogP contribution in [-0.4, -0.2) is 57.3 Å². The topological polar surface area (TPSA) is 115 Å². The molecule has 0 aliphatic heterocycles. The number of carboxylic acids is 3. The third-order valence-electron chi connectivity index (χ3n) is 8.53. The zero-order chi connectivity index (χ0) is 30.2. The minimum absolute atomic E-state index is 0.132. The Kier molecular flexibility index (Phi) is 22.7. The quantitative estimate of drug-likeness (QED) is 0.0584. The van der Waals surface area contributed by atoms with Crippen LogP contribution in [0.5, 0.6) is 0 Å². The molecule has 0 saturated heterocycles. The predicted octanol–water partition coefficient (Wildman–Crippen LogP) is 7.27. The van der Waals surface area contributed by atoms with Crippen molar-refractivity contribution in [2.75, 3.05) is 6.54 Å². The molecule has 0 bridgehead atoms. The second kappa shape index (κ2) is 23.8. The Labute approximate surface area is 245 Å². The Morgan fingerprint density at radius 2 is 0.925 bits per heavy atom. The van der Waals surface area contributed by atoms with Crippen LogP contribution in [0.3, 0.4) is 0 Å². The summed E-state index contributed by atoms with van der Waals surface area (Å²) in [6.07, 6.45) is 25.2. The Balaban J connectivity index is 4.47. The molecular weight excluding hydrogens is 506 g/mol. The lowest BCUT2D eigenvalue weighted by molar-refractivity contribution is -0.974. The van der Waals surface area contributed by atoms with Crippen LogP contribution in [0, 0.1) is 0 Å². The molecule has 7 heteroatoms. The molecule has 40 heavy (non-hydrogen) atoms. The molecular formula is C33H61NO6. The third kappa shape index (κ3) is 14.1. The minimum Gasteiger partial charge on any atom is -0.544 e. The van der Waals surface area contributed by atoms with E-state index >= 15 is 0 Å². The van der Waals surface area contributed by atoms with Crippen LogP contribution >= 0.6 is 0 Å². The summed E-state index contributed by atoms with van der Waals surface area (Å²) in [6.45, 7) is 7.49. The van der Waals surface area contributed by atoms with Gasteiger partial charge >= 0.3 is 11.9 Å². The van der Waals surface area contributed by atoms with E-state index in [0.29, 0.717) is 6.42 Å². The Bertz CT molecular complexity index is 652. The van der Waals surface area contributed by atoms with E-state index in [-0.39, 0.29) is 25.8 Å². The van der Waals surface area contributed by atoms with Gasteiger partial charge in [-0.25, -0.2) is 9.59 Å². The molecule has 0 aromatic rings. The van der Waals surface area contributed by atoms with Crippen molar-refractivity contribution < 1.29 is 34.2 Å². The lowest BCUT2D eigenvalue weighted by Gasteiger charge is -2.51. The Hall–Kier alpha value is -1.89. The van der Waals surface area contributed by atoms with Crippen molar-refractivity contribution in [3.63, 3.8) is 0 Å². The van der Waals surface area contributed by atoms with Gasteiger partial charge in [0.1, 0.15) is 6.04 Å². The van der Waals surface area contributed by atoms with Crippen molar-refractivity contribution in [1.82, 2.24) is 0 Å². The van der Waals surface area contributed by atoms with Crippen LogP contribution in [0.1, 0.15) is 156 Å². The summed E-state index contributed by atoms with van der Waals surface area (Å²) in [5.41, 5.74) is 0. The molecule has 0 heterocycles. The summed E-state index contributed by atoms with van der Waals surface area (Å²) in [5, 5.41) is 32.1. The van der Waals surface area contributed by atoms with Crippen molar-refractivity contribution >= 4 is 17.9 Å². The number of carboxylic acid groups (broad SMARTS) is 3. The highest BCUT2D eigenvalue weighted by atomic mass is 16.4. The van der Waals surface area contributed by atoms with E-state index in [1.807, 2.05) is 0 Å². The van der Waals surface area contributed by atoms with E-state index < -0.39 is 40.5 Å². The van der Waals surface area contributed by atoms with Crippen molar-refractivity contribution in [2.45, 2.75) is 174 Å². The van der Waals surface area contributed by atoms with Gasteiger partial charge in [0.15, 0.2) is 12.1 Å². The summed E-state index contributed by atoms with van der Waals surface area (Å²) in [5.74, 6) is -3.65. The normalized spacial score (nSPS) is 15.5. The second-order valence-electron chi connectivity index (χ2n) is 11.5. The summed E-state index contributed by atoms with van der Waals surface area (Å²) in [6, 6.07) is -3.37. The van der Waals surface area contributed by atoms with Crippen LogP contribution in [0.25, 0.3) is 0 Å². The first kappa shape index (κ1) is 38.1. The van der Waals surface area contributed by atoms with Crippen LogP contribution in [-0.2, 0) is 14.4 Å². The molecule has 0 spiro atoms. The molecule has 0 aliphatic carbocycles. The van der Waals surface area contributed by atoms with E-state index in [1.165, 1.54) is 83.5 Å². The van der Waals surface area contributed by atoms with Crippen LogP contribution < -0.4 is 5.11 Å². The summed E-state index contributed by atoms with van der Waals surface area (Å²) in [7, 11) is 0. The van der Waals surface area contributed by atoms with E-state index in [9.17, 15) is 29.7 Å². The van der Waals surface area contributed by atoms with Gasteiger partial charge in [0, 0.05) is 19.3 Å². The highest BCUT2D eigenvalue weighted by Crippen LogP contribution is 2.32. The lowest BCUT2D eigenvalue weighted by Crippen LogP contribution is -2.73. The zero-order valence-corrected chi connectivity index (χ0v) is 26.2. The number of quaternary nitrogens is 1. The standard InChI is InChI=1S/C33H61NO6/c1-5-9-10-11-12-13-14-15-16-17-18-19-20-21-22-23-24-25-26-27-34(28(6-2)31(35)36,29(7-3)32(37)38)30(8-4)33(39)40/h10-11,28-30H,5-9,12-27H2,1-4H3,(H2-,35,36,37,38,39,40)/b11-10+. The smallest absolute Gasteiger partial charge is 0.362 e. The molecule has 0 fully saturated rings. The SMILES string of the molecule is CCC/C=C/CCCCCCCCCCCCCCCC[N+](C(CC)C(=O)[O-])(C(CC)C(=O)O)C(CC)C(=O)O. The molecule has 2 N–H and O–H groups in total. The van der Waals surface area contributed by atoms with E-state index in [0.717, 1.165) is 19.3 Å². The molecule has 0 amide bonds. The first-order valence-corrected chi connectivity index (χ1v) is 16.4. The third-order valence-corrected chi connectivity index (χ3v) is 8.53. The number of carbonyl (C=O) groups is 3. The minimum atomic E-state index is -1.36. The fourth-order valence-electron chi connectivity index (χ4n) is 6.43. The molecule has 234 valence electrons. The summed E-state index contributed by atoms with van der Waals surface area (Å²) in [4.78, 5) is 36.6. The number of nitrogens with zero attached hydrogens (tertiary/aromatic N) is 1. The molecule has 0 aliphatic rings. The second-order valence-corrected chi connectivity index (χ2v) is 11.5. The van der Waals surface area contributed by atoms with Crippen LogP contribution in [0.4, 0.5) is 0 Å². The van der Waals surface area contributed by atoms with Gasteiger partial charge in [-0.15, -0.1) is 0 Å². The van der Waals surface area contributed by atoms with Gasteiger partial charge in [-0.3, -0.25) is 4.48 Å². The fourth-order valence-corrected chi connectivity index (χ4v) is 6.43. The van der Waals surface area contributed by atoms with Crippen molar-refractivity contribution in [2.24, 2.45) is 0 Å². The number of rotatable bonds is 28. The molecule has 0 aromatic heterocycles. The van der Waals surface area contributed by atoms with Crippen molar-refractivity contribution in [3.05, 3.63) is 12.2 Å². The van der Waals surface area contributed by atoms with E-state index in [2.05, 4.69) is 19.1 Å².